The van der Waals surface area contributed by atoms with Crippen LogP contribution in [0.4, 0.5) is 0 Å². The molecule has 0 bridgehead atoms. The Labute approximate surface area is 97.5 Å². The Morgan fingerprint density at radius 1 is 1.38 bits per heavy atom. The van der Waals surface area contributed by atoms with Crippen molar-refractivity contribution >= 4 is 9.73 Å². The first kappa shape index (κ1) is 11.6. The highest BCUT2D eigenvalue weighted by atomic mass is 32.2. The highest BCUT2D eigenvalue weighted by Gasteiger charge is 2.27. The third kappa shape index (κ3) is 1.98. The van der Waals surface area contributed by atoms with Crippen LogP contribution in [-0.4, -0.2) is 21.5 Å². The molecular formula is C12H18N2OS. The van der Waals surface area contributed by atoms with Crippen molar-refractivity contribution in [3.8, 4) is 0 Å². The van der Waals surface area contributed by atoms with Crippen LogP contribution >= 0.6 is 0 Å². The van der Waals surface area contributed by atoms with Crippen LogP contribution in [0.25, 0.3) is 0 Å². The minimum atomic E-state index is -2.18. The first-order valence-electron chi connectivity index (χ1n) is 5.60. The van der Waals surface area contributed by atoms with E-state index in [9.17, 15) is 4.21 Å². The second-order valence-corrected chi connectivity index (χ2v) is 7.54. The summed E-state index contributed by atoms with van der Waals surface area (Å²) >= 11 is 0. The van der Waals surface area contributed by atoms with E-state index in [2.05, 4.69) is 30.1 Å². The second kappa shape index (κ2) is 3.84. The topological polar surface area (TPSA) is 42.3 Å². The molecule has 16 heavy (non-hydrogen) atoms. The molecule has 0 N–H and O–H groups in total. The van der Waals surface area contributed by atoms with E-state index in [0.29, 0.717) is 5.75 Å². The lowest BCUT2D eigenvalue weighted by molar-refractivity contribution is 0.552. The summed E-state index contributed by atoms with van der Waals surface area (Å²) in [5.41, 5.74) is 0.838. The van der Waals surface area contributed by atoms with Gasteiger partial charge in [-0.25, -0.2) is 8.57 Å². The van der Waals surface area contributed by atoms with E-state index in [1.54, 1.807) is 6.20 Å². The zero-order chi connectivity index (χ0) is 11.8. The Bertz CT molecular complexity index is 508. The van der Waals surface area contributed by atoms with E-state index in [1.807, 2.05) is 12.1 Å². The van der Waals surface area contributed by atoms with Crippen molar-refractivity contribution in [2.45, 2.75) is 37.5 Å². The number of aromatic nitrogens is 1. The molecule has 0 amide bonds. The molecule has 0 radical (unpaired) electrons. The fourth-order valence-corrected chi connectivity index (χ4v) is 4.31. The summed E-state index contributed by atoms with van der Waals surface area (Å²) in [4.78, 5) is 5.25. The minimum absolute atomic E-state index is 0.0842. The SMILES string of the molecule is CC(C)(C)c1ncccc1[S@@]1(=O)=NCCC1. The molecule has 88 valence electrons. The van der Waals surface area contributed by atoms with Gasteiger partial charge in [0.2, 0.25) is 0 Å². The standard InChI is InChI=1S/C12H18N2OS/c1-12(2,3)11-10(6-4-7-13-11)16(15)9-5-8-14-16/h4,6-7H,5,8-9H2,1-3H3/t16-/m1/s1. The van der Waals surface area contributed by atoms with Gasteiger partial charge in [-0.15, -0.1) is 0 Å². The molecule has 0 spiro atoms. The van der Waals surface area contributed by atoms with Crippen LogP contribution in [0.2, 0.25) is 0 Å². The molecule has 4 heteroatoms. The average molecular weight is 238 g/mol. The third-order valence-electron chi connectivity index (χ3n) is 2.70. The molecule has 0 aliphatic carbocycles. The monoisotopic (exact) mass is 238 g/mol. The molecule has 1 aliphatic rings. The van der Waals surface area contributed by atoms with Crippen molar-refractivity contribution in [1.82, 2.24) is 4.98 Å². The first-order chi connectivity index (χ1) is 7.43. The minimum Gasteiger partial charge on any atom is -0.259 e. The van der Waals surface area contributed by atoms with Gasteiger partial charge in [0.1, 0.15) is 0 Å². The van der Waals surface area contributed by atoms with Gasteiger partial charge < -0.3 is 0 Å². The Balaban J connectivity index is 2.63. The molecular weight excluding hydrogens is 220 g/mol. The van der Waals surface area contributed by atoms with Crippen molar-refractivity contribution in [2.24, 2.45) is 4.36 Å². The van der Waals surface area contributed by atoms with Gasteiger partial charge in [0, 0.05) is 23.9 Å². The average Bonchev–Trinajstić information content (AvgIpc) is 2.65. The maximum Gasteiger partial charge on any atom is 0.0771 e. The largest absolute Gasteiger partial charge is 0.259 e. The van der Waals surface area contributed by atoms with Crippen LogP contribution in [0.3, 0.4) is 0 Å². The van der Waals surface area contributed by atoms with Gasteiger partial charge in [0.25, 0.3) is 0 Å². The molecule has 0 fully saturated rings. The van der Waals surface area contributed by atoms with Gasteiger partial charge in [-0.1, -0.05) is 20.8 Å². The van der Waals surface area contributed by atoms with Crippen molar-refractivity contribution in [2.75, 3.05) is 12.3 Å². The molecule has 2 heterocycles. The normalized spacial score (nSPS) is 25.4. The number of rotatable bonds is 1. The predicted octanol–water partition coefficient (Wildman–Crippen LogP) is 2.61. The van der Waals surface area contributed by atoms with Crippen LogP contribution in [-0.2, 0) is 15.1 Å². The van der Waals surface area contributed by atoms with Crippen molar-refractivity contribution in [3.63, 3.8) is 0 Å². The summed E-state index contributed by atoms with van der Waals surface area (Å²) in [6.07, 6.45) is 2.69. The molecule has 1 aliphatic heterocycles. The molecule has 1 aromatic heterocycles. The third-order valence-corrected chi connectivity index (χ3v) is 5.16. The molecule has 0 unspecified atom stereocenters. The van der Waals surface area contributed by atoms with E-state index in [4.69, 9.17) is 0 Å². The number of nitrogens with zero attached hydrogens (tertiary/aromatic N) is 2. The van der Waals surface area contributed by atoms with Crippen LogP contribution in [0.5, 0.6) is 0 Å². The maximum atomic E-state index is 12.6. The first-order valence-corrected chi connectivity index (χ1v) is 7.28. The van der Waals surface area contributed by atoms with Gasteiger partial charge >= 0.3 is 0 Å². The Morgan fingerprint density at radius 2 is 2.12 bits per heavy atom. The lowest BCUT2D eigenvalue weighted by atomic mass is 9.92. The number of hydrogen-bond donors (Lipinski definition) is 0. The number of hydrogen-bond acceptors (Lipinski definition) is 3. The van der Waals surface area contributed by atoms with Crippen LogP contribution in [0.1, 0.15) is 32.9 Å². The Morgan fingerprint density at radius 3 is 2.69 bits per heavy atom. The second-order valence-electron chi connectivity index (χ2n) is 5.15. The quantitative estimate of drug-likeness (QED) is 0.754. The maximum absolute atomic E-state index is 12.6. The summed E-state index contributed by atoms with van der Waals surface area (Å²) in [6, 6.07) is 3.77. The molecule has 1 aromatic rings. The number of pyridine rings is 1. The van der Waals surface area contributed by atoms with E-state index in [1.165, 1.54) is 0 Å². The molecule has 2 rings (SSSR count). The van der Waals surface area contributed by atoms with Gasteiger partial charge in [0.05, 0.1) is 20.3 Å². The predicted molar refractivity (Wildman–Crippen MR) is 66.1 cm³/mol. The summed E-state index contributed by atoms with van der Waals surface area (Å²) in [6.45, 7) is 7.00. The lowest BCUT2D eigenvalue weighted by Crippen LogP contribution is -2.19. The van der Waals surface area contributed by atoms with Crippen LogP contribution in [0.15, 0.2) is 27.6 Å². The highest BCUT2D eigenvalue weighted by molar-refractivity contribution is 7.93. The van der Waals surface area contributed by atoms with Crippen molar-refractivity contribution < 1.29 is 4.21 Å². The fraction of sp³-hybridized carbons (Fsp3) is 0.583. The molecule has 0 saturated heterocycles. The molecule has 1 atom stereocenters. The summed E-state index contributed by atoms with van der Waals surface area (Å²) in [5.74, 6) is 0.682. The van der Waals surface area contributed by atoms with E-state index < -0.39 is 9.73 Å². The van der Waals surface area contributed by atoms with Crippen LogP contribution in [0, 0.1) is 0 Å². The Hall–Kier alpha value is -0.900. The zero-order valence-corrected chi connectivity index (χ0v) is 10.9. The van der Waals surface area contributed by atoms with Gasteiger partial charge in [0.15, 0.2) is 0 Å². The highest BCUT2D eigenvalue weighted by Crippen LogP contribution is 2.30. The van der Waals surface area contributed by atoms with Gasteiger partial charge in [-0.2, -0.15) is 0 Å². The lowest BCUT2D eigenvalue weighted by Gasteiger charge is -2.21. The van der Waals surface area contributed by atoms with Gasteiger partial charge in [-0.3, -0.25) is 4.98 Å². The summed E-state index contributed by atoms with van der Waals surface area (Å²) in [7, 11) is -2.18. The van der Waals surface area contributed by atoms with Crippen LogP contribution < -0.4 is 0 Å². The van der Waals surface area contributed by atoms with E-state index >= 15 is 0 Å². The van der Waals surface area contributed by atoms with Crippen molar-refractivity contribution in [3.05, 3.63) is 24.0 Å². The van der Waals surface area contributed by atoms with E-state index in [0.717, 1.165) is 23.6 Å². The van der Waals surface area contributed by atoms with Gasteiger partial charge in [-0.05, 0) is 18.6 Å². The zero-order valence-electron chi connectivity index (χ0n) is 10.1. The summed E-state index contributed by atoms with van der Waals surface area (Å²) < 4.78 is 16.9. The fourth-order valence-electron chi connectivity index (χ4n) is 1.93. The Kier molecular flexibility index (Phi) is 2.78. The smallest absolute Gasteiger partial charge is 0.0771 e. The van der Waals surface area contributed by atoms with E-state index in [-0.39, 0.29) is 5.41 Å². The molecule has 0 saturated carbocycles. The molecule has 3 nitrogen and oxygen atoms in total. The molecule has 0 aromatic carbocycles. The summed E-state index contributed by atoms with van der Waals surface area (Å²) in [5, 5.41) is 0. The van der Waals surface area contributed by atoms with Crippen molar-refractivity contribution in [1.29, 1.82) is 0 Å².